The van der Waals surface area contributed by atoms with Crippen LogP contribution in [0, 0.1) is 5.82 Å². The third kappa shape index (κ3) is 2.80. The third-order valence-electron chi connectivity index (χ3n) is 2.93. The molecule has 0 aliphatic carbocycles. The average molecular weight is 244 g/mol. The molecule has 0 saturated carbocycles. The molecule has 0 atom stereocenters. The molecule has 0 saturated heterocycles. The average Bonchev–Trinajstić information content (AvgIpc) is 2.39. The molecule has 0 aliphatic heterocycles. The quantitative estimate of drug-likeness (QED) is 0.835. The van der Waals surface area contributed by atoms with Crippen LogP contribution >= 0.6 is 0 Å². The van der Waals surface area contributed by atoms with E-state index in [4.69, 9.17) is 5.73 Å². The van der Waals surface area contributed by atoms with Gasteiger partial charge in [-0.2, -0.15) is 0 Å². The van der Waals surface area contributed by atoms with Gasteiger partial charge in [0.2, 0.25) is 0 Å². The van der Waals surface area contributed by atoms with E-state index < -0.39 is 0 Å². The van der Waals surface area contributed by atoms with E-state index in [2.05, 4.69) is 0 Å². The molecule has 2 N–H and O–H groups in total. The molecule has 0 aliphatic rings. The van der Waals surface area contributed by atoms with Gasteiger partial charge in [-0.3, -0.25) is 0 Å². The maximum absolute atomic E-state index is 13.7. The van der Waals surface area contributed by atoms with Gasteiger partial charge in [-0.05, 0) is 36.8 Å². The van der Waals surface area contributed by atoms with Crippen molar-refractivity contribution in [2.24, 2.45) is 0 Å². The van der Waals surface area contributed by atoms with Crippen molar-refractivity contribution in [3.8, 4) is 0 Å². The van der Waals surface area contributed by atoms with Gasteiger partial charge in [-0.1, -0.05) is 24.3 Å². The number of benzene rings is 2. The van der Waals surface area contributed by atoms with Gasteiger partial charge in [-0.15, -0.1) is 0 Å². The van der Waals surface area contributed by atoms with Gasteiger partial charge < -0.3 is 10.6 Å². The number of hydrogen-bond donors (Lipinski definition) is 1. The van der Waals surface area contributed by atoms with Gasteiger partial charge in [0.05, 0.1) is 5.69 Å². The lowest BCUT2D eigenvalue weighted by Gasteiger charge is -2.23. The van der Waals surface area contributed by atoms with E-state index in [1.807, 2.05) is 42.2 Å². The molecular weight excluding hydrogens is 227 g/mol. The second-order valence-electron chi connectivity index (χ2n) is 4.21. The molecule has 18 heavy (non-hydrogen) atoms. The van der Waals surface area contributed by atoms with Crippen molar-refractivity contribution in [1.82, 2.24) is 0 Å². The Kier molecular flexibility index (Phi) is 3.82. The predicted molar refractivity (Wildman–Crippen MR) is 74.0 cm³/mol. The van der Waals surface area contributed by atoms with E-state index in [-0.39, 0.29) is 5.82 Å². The fraction of sp³-hybridized carbons (Fsp3) is 0.200. The summed E-state index contributed by atoms with van der Waals surface area (Å²) < 4.78 is 13.7. The molecule has 3 heteroatoms. The van der Waals surface area contributed by atoms with Crippen LogP contribution in [0.25, 0.3) is 0 Å². The summed E-state index contributed by atoms with van der Waals surface area (Å²) in [5.41, 5.74) is 8.15. The van der Waals surface area contributed by atoms with Crippen molar-refractivity contribution >= 4 is 11.4 Å². The van der Waals surface area contributed by atoms with Crippen LogP contribution in [0.4, 0.5) is 15.8 Å². The molecule has 0 radical (unpaired) electrons. The minimum atomic E-state index is -0.185. The molecule has 0 bridgehead atoms. The van der Waals surface area contributed by atoms with E-state index in [1.54, 1.807) is 12.1 Å². The predicted octanol–water partition coefficient (Wildman–Crippen LogP) is 3.43. The summed E-state index contributed by atoms with van der Waals surface area (Å²) >= 11 is 0. The Morgan fingerprint density at radius 1 is 1.06 bits per heavy atom. The topological polar surface area (TPSA) is 29.3 Å². The molecule has 0 fully saturated rings. The Hall–Kier alpha value is -2.03. The van der Waals surface area contributed by atoms with Gasteiger partial charge >= 0.3 is 0 Å². The molecule has 0 amide bonds. The van der Waals surface area contributed by atoms with Crippen molar-refractivity contribution in [1.29, 1.82) is 0 Å². The van der Waals surface area contributed by atoms with E-state index >= 15 is 0 Å². The minimum absolute atomic E-state index is 0.185. The van der Waals surface area contributed by atoms with Crippen molar-refractivity contribution < 1.29 is 4.39 Å². The Morgan fingerprint density at radius 2 is 1.72 bits per heavy atom. The first kappa shape index (κ1) is 12.4. The standard InChI is InChI=1S/C15H17FN2/c1-2-18(15-6-4-3-5-14(15)16)11-12-7-9-13(17)10-8-12/h3-10H,2,11,17H2,1H3. The highest BCUT2D eigenvalue weighted by Gasteiger charge is 2.09. The lowest BCUT2D eigenvalue weighted by molar-refractivity contribution is 0.618. The summed E-state index contributed by atoms with van der Waals surface area (Å²) in [4.78, 5) is 2.00. The van der Waals surface area contributed by atoms with Gasteiger partial charge in [0.25, 0.3) is 0 Å². The van der Waals surface area contributed by atoms with E-state index in [1.165, 1.54) is 6.07 Å². The molecule has 0 spiro atoms. The second-order valence-corrected chi connectivity index (χ2v) is 4.21. The molecule has 2 nitrogen and oxygen atoms in total. The van der Waals surface area contributed by atoms with Crippen LogP contribution in [0.1, 0.15) is 12.5 Å². The molecule has 0 aromatic heterocycles. The second kappa shape index (κ2) is 5.54. The van der Waals surface area contributed by atoms with Crippen LogP contribution in [-0.2, 0) is 6.54 Å². The fourth-order valence-corrected chi connectivity index (χ4v) is 1.92. The van der Waals surface area contributed by atoms with Crippen LogP contribution in [0.15, 0.2) is 48.5 Å². The molecule has 2 aromatic carbocycles. The van der Waals surface area contributed by atoms with Gasteiger partial charge in [0.15, 0.2) is 0 Å². The largest absolute Gasteiger partial charge is 0.399 e. The Balaban J connectivity index is 2.20. The van der Waals surface area contributed by atoms with Crippen LogP contribution in [0.2, 0.25) is 0 Å². The summed E-state index contributed by atoms with van der Waals surface area (Å²) in [7, 11) is 0. The van der Waals surface area contributed by atoms with E-state index in [9.17, 15) is 4.39 Å². The summed E-state index contributed by atoms with van der Waals surface area (Å²) in [6.45, 7) is 3.45. The van der Waals surface area contributed by atoms with Crippen molar-refractivity contribution in [3.05, 3.63) is 59.9 Å². The van der Waals surface area contributed by atoms with Crippen molar-refractivity contribution in [2.45, 2.75) is 13.5 Å². The number of halogens is 1. The van der Waals surface area contributed by atoms with Gasteiger partial charge in [0, 0.05) is 18.8 Å². The minimum Gasteiger partial charge on any atom is -0.399 e. The van der Waals surface area contributed by atoms with Crippen molar-refractivity contribution in [2.75, 3.05) is 17.2 Å². The number of rotatable bonds is 4. The number of nitrogens with zero attached hydrogens (tertiary/aromatic N) is 1. The van der Waals surface area contributed by atoms with Crippen LogP contribution in [0.3, 0.4) is 0 Å². The zero-order chi connectivity index (χ0) is 13.0. The monoisotopic (exact) mass is 244 g/mol. The Labute approximate surface area is 107 Å². The SMILES string of the molecule is CCN(Cc1ccc(N)cc1)c1ccccc1F. The first-order chi connectivity index (χ1) is 8.70. The first-order valence-electron chi connectivity index (χ1n) is 6.04. The Morgan fingerprint density at radius 3 is 2.33 bits per heavy atom. The normalized spacial score (nSPS) is 10.3. The maximum atomic E-state index is 13.7. The zero-order valence-electron chi connectivity index (χ0n) is 10.4. The van der Waals surface area contributed by atoms with Crippen LogP contribution in [0.5, 0.6) is 0 Å². The van der Waals surface area contributed by atoms with Crippen molar-refractivity contribution in [3.63, 3.8) is 0 Å². The molecule has 0 heterocycles. The van der Waals surface area contributed by atoms with Crippen LogP contribution in [-0.4, -0.2) is 6.54 Å². The Bertz CT molecular complexity index is 508. The number of para-hydroxylation sites is 1. The highest BCUT2D eigenvalue weighted by molar-refractivity contribution is 5.48. The summed E-state index contributed by atoms with van der Waals surface area (Å²) in [6.07, 6.45) is 0. The van der Waals surface area contributed by atoms with E-state index in [0.717, 1.165) is 17.8 Å². The van der Waals surface area contributed by atoms with Crippen LogP contribution < -0.4 is 10.6 Å². The van der Waals surface area contributed by atoms with Gasteiger partial charge in [-0.25, -0.2) is 4.39 Å². The smallest absolute Gasteiger partial charge is 0.146 e. The van der Waals surface area contributed by atoms with E-state index in [0.29, 0.717) is 12.2 Å². The fourth-order valence-electron chi connectivity index (χ4n) is 1.92. The lowest BCUT2D eigenvalue weighted by Crippen LogP contribution is -2.22. The molecule has 94 valence electrons. The molecule has 0 unspecified atom stereocenters. The van der Waals surface area contributed by atoms with Gasteiger partial charge in [0.1, 0.15) is 5.82 Å². The number of nitrogen functional groups attached to an aromatic ring is 1. The lowest BCUT2D eigenvalue weighted by atomic mass is 10.2. The third-order valence-corrected chi connectivity index (χ3v) is 2.93. The molecular formula is C15H17FN2. The molecule has 2 aromatic rings. The summed E-state index contributed by atoms with van der Waals surface area (Å²) in [6, 6.07) is 14.5. The number of anilines is 2. The highest BCUT2D eigenvalue weighted by atomic mass is 19.1. The molecule has 2 rings (SSSR count). The number of hydrogen-bond acceptors (Lipinski definition) is 2. The summed E-state index contributed by atoms with van der Waals surface area (Å²) in [5, 5.41) is 0. The first-order valence-corrected chi connectivity index (χ1v) is 6.04. The highest BCUT2D eigenvalue weighted by Crippen LogP contribution is 2.20. The zero-order valence-corrected chi connectivity index (χ0v) is 10.4. The summed E-state index contributed by atoms with van der Waals surface area (Å²) in [5.74, 6) is -0.185. The maximum Gasteiger partial charge on any atom is 0.146 e. The number of nitrogens with two attached hydrogens (primary N) is 1.